The van der Waals surface area contributed by atoms with E-state index in [1.165, 1.54) is 0 Å². The Bertz CT molecular complexity index is 560. The highest BCUT2D eigenvalue weighted by Gasteiger charge is 2.36. The smallest absolute Gasteiger partial charge is 0.183 e. The van der Waals surface area contributed by atoms with Crippen molar-refractivity contribution in [3.8, 4) is 0 Å². The van der Waals surface area contributed by atoms with E-state index in [4.69, 9.17) is 9.47 Å². The zero-order chi connectivity index (χ0) is 16.7. The van der Waals surface area contributed by atoms with Crippen LogP contribution in [0.5, 0.6) is 0 Å². The van der Waals surface area contributed by atoms with Crippen LogP contribution in [0, 0.1) is 5.41 Å². The number of hydrogen-bond acceptors (Lipinski definition) is 4. The Hall–Kier alpha value is -1.72. The standard InChI is InChI=1S/C19H24O4/c1-3-16(10-9-15(2)17-7-5-4-6-8-17)18-22-13-19(11-20,12-21)14-23-18/h3-10,18,20-21H,2,11-14H2,1H3/b10-9-,16-3+. The van der Waals surface area contributed by atoms with Crippen LogP contribution in [0.4, 0.5) is 0 Å². The van der Waals surface area contributed by atoms with Crippen LogP contribution in [0.25, 0.3) is 5.57 Å². The maximum atomic E-state index is 9.37. The van der Waals surface area contributed by atoms with Gasteiger partial charge in [-0.2, -0.15) is 0 Å². The fourth-order valence-electron chi connectivity index (χ4n) is 2.28. The highest BCUT2D eigenvalue weighted by atomic mass is 16.7. The molecular weight excluding hydrogens is 292 g/mol. The Morgan fingerprint density at radius 3 is 2.30 bits per heavy atom. The molecule has 1 saturated heterocycles. The van der Waals surface area contributed by atoms with Gasteiger partial charge in [-0.25, -0.2) is 0 Å². The van der Waals surface area contributed by atoms with Crippen LogP contribution in [0.2, 0.25) is 0 Å². The molecular formula is C19H24O4. The minimum atomic E-state index is -0.716. The average molecular weight is 316 g/mol. The van der Waals surface area contributed by atoms with Gasteiger partial charge >= 0.3 is 0 Å². The molecule has 1 aromatic rings. The molecule has 1 fully saturated rings. The summed E-state index contributed by atoms with van der Waals surface area (Å²) in [6.07, 6.45) is 5.28. The van der Waals surface area contributed by atoms with Gasteiger partial charge in [-0.05, 0) is 18.1 Å². The third-order valence-corrected chi connectivity index (χ3v) is 3.98. The summed E-state index contributed by atoms with van der Waals surface area (Å²) in [5.41, 5.74) is 2.13. The van der Waals surface area contributed by atoms with Crippen molar-refractivity contribution < 1.29 is 19.7 Å². The normalized spacial score (nSPS) is 19.2. The van der Waals surface area contributed by atoms with Gasteiger partial charge in [-0.1, -0.05) is 55.1 Å². The van der Waals surface area contributed by atoms with Crippen molar-refractivity contribution in [3.05, 3.63) is 66.3 Å². The number of aliphatic hydroxyl groups excluding tert-OH is 2. The van der Waals surface area contributed by atoms with Crippen LogP contribution in [0.1, 0.15) is 12.5 Å². The molecule has 1 aliphatic rings. The number of hydrogen-bond donors (Lipinski definition) is 2. The second-order valence-electron chi connectivity index (χ2n) is 5.78. The first-order valence-electron chi connectivity index (χ1n) is 7.68. The summed E-state index contributed by atoms with van der Waals surface area (Å²) in [6, 6.07) is 9.93. The summed E-state index contributed by atoms with van der Waals surface area (Å²) in [7, 11) is 0. The zero-order valence-corrected chi connectivity index (χ0v) is 13.4. The molecule has 4 nitrogen and oxygen atoms in total. The molecule has 2 rings (SSSR count). The van der Waals surface area contributed by atoms with Crippen molar-refractivity contribution in [1.82, 2.24) is 0 Å². The predicted molar refractivity (Wildman–Crippen MR) is 90.7 cm³/mol. The molecule has 4 heteroatoms. The molecule has 1 heterocycles. The highest BCUT2D eigenvalue weighted by Crippen LogP contribution is 2.27. The average Bonchev–Trinajstić information content (AvgIpc) is 2.63. The van der Waals surface area contributed by atoms with Gasteiger partial charge in [0, 0.05) is 5.57 Å². The number of rotatable bonds is 6. The fraction of sp³-hybridized carbons (Fsp3) is 0.368. The van der Waals surface area contributed by atoms with Gasteiger partial charge in [0.2, 0.25) is 0 Å². The Morgan fingerprint density at radius 1 is 1.17 bits per heavy atom. The van der Waals surface area contributed by atoms with Gasteiger partial charge in [-0.15, -0.1) is 0 Å². The summed E-state index contributed by atoms with van der Waals surface area (Å²) in [5.74, 6) is 0. The van der Waals surface area contributed by atoms with E-state index in [0.29, 0.717) is 0 Å². The van der Waals surface area contributed by atoms with Crippen LogP contribution in [-0.4, -0.2) is 42.9 Å². The van der Waals surface area contributed by atoms with E-state index in [9.17, 15) is 10.2 Å². The molecule has 0 radical (unpaired) electrons. The summed E-state index contributed by atoms with van der Waals surface area (Å²) in [5, 5.41) is 18.7. The van der Waals surface area contributed by atoms with E-state index in [0.717, 1.165) is 16.7 Å². The van der Waals surface area contributed by atoms with Gasteiger partial charge in [0.25, 0.3) is 0 Å². The van der Waals surface area contributed by atoms with Crippen molar-refractivity contribution in [3.63, 3.8) is 0 Å². The second-order valence-corrected chi connectivity index (χ2v) is 5.78. The molecule has 0 aromatic heterocycles. The molecule has 124 valence electrons. The Labute approximate surface area is 137 Å². The van der Waals surface area contributed by atoms with Crippen LogP contribution in [0.15, 0.2) is 60.7 Å². The second kappa shape index (κ2) is 8.22. The van der Waals surface area contributed by atoms with Gasteiger partial charge in [0.05, 0.1) is 31.8 Å². The maximum absolute atomic E-state index is 9.37. The molecule has 0 unspecified atom stereocenters. The summed E-state index contributed by atoms with van der Waals surface area (Å²) in [4.78, 5) is 0. The summed E-state index contributed by atoms with van der Waals surface area (Å²) in [6.45, 7) is 6.17. The molecule has 0 amide bonds. The van der Waals surface area contributed by atoms with Crippen LogP contribution >= 0.6 is 0 Å². The lowest BCUT2D eigenvalue weighted by Gasteiger charge is -2.37. The molecule has 0 bridgehead atoms. The maximum Gasteiger partial charge on any atom is 0.183 e. The third kappa shape index (κ3) is 4.39. The van der Waals surface area contributed by atoms with Gasteiger partial charge in [0.1, 0.15) is 0 Å². The molecule has 0 atom stereocenters. The third-order valence-electron chi connectivity index (χ3n) is 3.98. The van der Waals surface area contributed by atoms with Crippen LogP contribution in [-0.2, 0) is 9.47 Å². The fourth-order valence-corrected chi connectivity index (χ4v) is 2.28. The van der Waals surface area contributed by atoms with E-state index >= 15 is 0 Å². The molecule has 0 saturated carbocycles. The number of benzene rings is 1. The molecule has 0 aliphatic carbocycles. The van der Waals surface area contributed by atoms with E-state index in [-0.39, 0.29) is 26.4 Å². The van der Waals surface area contributed by atoms with Gasteiger partial charge < -0.3 is 19.7 Å². The zero-order valence-electron chi connectivity index (χ0n) is 13.4. The summed E-state index contributed by atoms with van der Waals surface area (Å²) < 4.78 is 11.4. The number of allylic oxidation sites excluding steroid dienone is 3. The number of aliphatic hydroxyl groups is 2. The minimum absolute atomic E-state index is 0.165. The molecule has 23 heavy (non-hydrogen) atoms. The van der Waals surface area contributed by atoms with Crippen molar-refractivity contribution in [2.45, 2.75) is 13.2 Å². The van der Waals surface area contributed by atoms with E-state index in [1.54, 1.807) is 0 Å². The molecule has 0 spiro atoms. The van der Waals surface area contributed by atoms with Gasteiger partial charge in [0.15, 0.2) is 6.29 Å². The van der Waals surface area contributed by atoms with E-state index < -0.39 is 11.7 Å². The van der Waals surface area contributed by atoms with E-state index in [2.05, 4.69) is 6.58 Å². The van der Waals surface area contributed by atoms with E-state index in [1.807, 2.05) is 55.5 Å². The lowest BCUT2D eigenvalue weighted by molar-refractivity contribution is -0.226. The van der Waals surface area contributed by atoms with Crippen molar-refractivity contribution in [2.75, 3.05) is 26.4 Å². The minimum Gasteiger partial charge on any atom is -0.396 e. The number of ether oxygens (including phenoxy) is 2. The molecule has 1 aliphatic heterocycles. The Morgan fingerprint density at radius 2 is 1.78 bits per heavy atom. The largest absolute Gasteiger partial charge is 0.396 e. The topological polar surface area (TPSA) is 58.9 Å². The first-order chi connectivity index (χ1) is 11.1. The van der Waals surface area contributed by atoms with Crippen LogP contribution in [0.3, 0.4) is 0 Å². The first kappa shape index (κ1) is 17.6. The monoisotopic (exact) mass is 316 g/mol. The molecule has 2 N–H and O–H groups in total. The molecule has 1 aromatic carbocycles. The SMILES string of the molecule is C=C(/C=C\C(=C/C)C1OCC(CO)(CO)CO1)c1ccccc1. The summed E-state index contributed by atoms with van der Waals surface area (Å²) >= 11 is 0. The van der Waals surface area contributed by atoms with Crippen LogP contribution < -0.4 is 0 Å². The van der Waals surface area contributed by atoms with Crippen molar-refractivity contribution in [1.29, 1.82) is 0 Å². The Balaban J connectivity index is 1.99. The Kier molecular flexibility index (Phi) is 6.30. The lowest BCUT2D eigenvalue weighted by Crippen LogP contribution is -2.47. The van der Waals surface area contributed by atoms with Crippen molar-refractivity contribution in [2.24, 2.45) is 5.41 Å². The highest BCUT2D eigenvalue weighted by molar-refractivity contribution is 5.72. The van der Waals surface area contributed by atoms with Crippen molar-refractivity contribution >= 4 is 5.57 Å². The lowest BCUT2D eigenvalue weighted by atomic mass is 9.91. The predicted octanol–water partition coefficient (Wildman–Crippen LogP) is 2.55. The van der Waals surface area contributed by atoms with Gasteiger partial charge in [-0.3, -0.25) is 0 Å². The quantitative estimate of drug-likeness (QED) is 0.792. The first-order valence-corrected chi connectivity index (χ1v) is 7.68.